The smallest absolute Gasteiger partial charge is 0.183 e. The van der Waals surface area contributed by atoms with Crippen LogP contribution in [0.25, 0.3) is 0 Å². The van der Waals surface area contributed by atoms with E-state index in [-0.39, 0.29) is 11.9 Å². The van der Waals surface area contributed by atoms with Crippen LogP contribution in [0.3, 0.4) is 0 Å². The molecular formula is C13H19NO2. The van der Waals surface area contributed by atoms with Gasteiger partial charge in [0, 0.05) is 0 Å². The predicted octanol–water partition coefficient (Wildman–Crippen LogP) is 2.39. The van der Waals surface area contributed by atoms with Gasteiger partial charge in [0.05, 0.1) is 17.7 Å². The number of carbonyl (C=O) groups excluding carboxylic acids is 1. The summed E-state index contributed by atoms with van der Waals surface area (Å²) >= 11 is 0. The van der Waals surface area contributed by atoms with Crippen molar-refractivity contribution < 1.29 is 9.53 Å². The van der Waals surface area contributed by atoms with Crippen molar-refractivity contribution in [2.45, 2.75) is 39.3 Å². The molecule has 16 heavy (non-hydrogen) atoms. The molecule has 0 spiro atoms. The van der Waals surface area contributed by atoms with Crippen LogP contribution in [0.2, 0.25) is 0 Å². The monoisotopic (exact) mass is 221 g/mol. The third-order valence-electron chi connectivity index (χ3n) is 2.29. The standard InChI is InChI=1S/C13H19NO2/c1-4-11(14)13(15)10-7-5-6-8-12(10)16-9(2)3/h5-9,11H,4,14H2,1-3H3. The molecule has 0 amide bonds. The Morgan fingerprint density at radius 2 is 2.00 bits per heavy atom. The quantitative estimate of drug-likeness (QED) is 0.777. The van der Waals surface area contributed by atoms with Crippen LogP contribution in [-0.4, -0.2) is 17.9 Å². The summed E-state index contributed by atoms with van der Waals surface area (Å²) < 4.78 is 5.58. The second-order valence-corrected chi connectivity index (χ2v) is 4.04. The Morgan fingerprint density at radius 1 is 1.38 bits per heavy atom. The SMILES string of the molecule is CCC(N)C(=O)c1ccccc1OC(C)C. The molecule has 3 nitrogen and oxygen atoms in total. The van der Waals surface area contributed by atoms with Gasteiger partial charge in [0.25, 0.3) is 0 Å². The number of rotatable bonds is 5. The molecule has 0 radical (unpaired) electrons. The van der Waals surface area contributed by atoms with Crippen molar-refractivity contribution in [2.24, 2.45) is 5.73 Å². The molecule has 0 aliphatic carbocycles. The van der Waals surface area contributed by atoms with Gasteiger partial charge < -0.3 is 10.5 Å². The van der Waals surface area contributed by atoms with Gasteiger partial charge in [0.1, 0.15) is 5.75 Å². The van der Waals surface area contributed by atoms with E-state index in [9.17, 15) is 4.79 Å². The maximum Gasteiger partial charge on any atom is 0.183 e. The number of ether oxygens (including phenoxy) is 1. The average molecular weight is 221 g/mol. The molecule has 0 saturated heterocycles. The summed E-state index contributed by atoms with van der Waals surface area (Å²) in [5.74, 6) is 0.560. The van der Waals surface area contributed by atoms with Crippen LogP contribution in [0.5, 0.6) is 5.75 Å². The van der Waals surface area contributed by atoms with E-state index in [0.29, 0.717) is 17.7 Å². The van der Waals surface area contributed by atoms with Crippen molar-refractivity contribution in [1.29, 1.82) is 0 Å². The van der Waals surface area contributed by atoms with Gasteiger partial charge in [-0.2, -0.15) is 0 Å². The minimum atomic E-state index is -0.447. The zero-order valence-electron chi connectivity index (χ0n) is 10.1. The summed E-state index contributed by atoms with van der Waals surface area (Å²) in [5, 5.41) is 0. The lowest BCUT2D eigenvalue weighted by Crippen LogP contribution is -2.30. The van der Waals surface area contributed by atoms with Crippen molar-refractivity contribution in [3.8, 4) is 5.75 Å². The van der Waals surface area contributed by atoms with Gasteiger partial charge in [0.15, 0.2) is 5.78 Å². The molecule has 0 aromatic heterocycles. The molecule has 1 unspecified atom stereocenters. The van der Waals surface area contributed by atoms with Gasteiger partial charge in [0.2, 0.25) is 0 Å². The highest BCUT2D eigenvalue weighted by atomic mass is 16.5. The summed E-state index contributed by atoms with van der Waals surface area (Å²) in [5.41, 5.74) is 6.32. The largest absolute Gasteiger partial charge is 0.490 e. The fourth-order valence-corrected chi connectivity index (χ4v) is 1.41. The highest BCUT2D eigenvalue weighted by molar-refractivity contribution is 6.02. The molecule has 88 valence electrons. The van der Waals surface area contributed by atoms with E-state index in [1.807, 2.05) is 32.9 Å². The lowest BCUT2D eigenvalue weighted by molar-refractivity contribution is 0.0953. The Hall–Kier alpha value is -1.35. The summed E-state index contributed by atoms with van der Waals surface area (Å²) in [4.78, 5) is 12.0. The lowest BCUT2D eigenvalue weighted by Gasteiger charge is -2.15. The summed E-state index contributed by atoms with van der Waals surface area (Å²) in [7, 11) is 0. The van der Waals surface area contributed by atoms with E-state index in [1.54, 1.807) is 12.1 Å². The van der Waals surface area contributed by atoms with Gasteiger partial charge in [-0.05, 0) is 32.4 Å². The lowest BCUT2D eigenvalue weighted by atomic mass is 10.0. The maximum atomic E-state index is 12.0. The normalized spacial score (nSPS) is 12.6. The minimum absolute atomic E-state index is 0.0480. The maximum absolute atomic E-state index is 12.0. The first kappa shape index (κ1) is 12.7. The number of ketones is 1. The van der Waals surface area contributed by atoms with E-state index in [1.165, 1.54) is 0 Å². The third kappa shape index (κ3) is 3.07. The van der Waals surface area contributed by atoms with Crippen LogP contribution in [0, 0.1) is 0 Å². The molecule has 2 N–H and O–H groups in total. The van der Waals surface area contributed by atoms with Crippen LogP contribution in [0.1, 0.15) is 37.6 Å². The average Bonchev–Trinajstić information content (AvgIpc) is 2.27. The van der Waals surface area contributed by atoms with Crippen LogP contribution < -0.4 is 10.5 Å². The van der Waals surface area contributed by atoms with Gasteiger partial charge in [-0.3, -0.25) is 4.79 Å². The van der Waals surface area contributed by atoms with Gasteiger partial charge in [-0.1, -0.05) is 19.1 Å². The Balaban J connectivity index is 2.98. The molecule has 0 heterocycles. The van der Waals surface area contributed by atoms with E-state index < -0.39 is 6.04 Å². The number of nitrogens with two attached hydrogens (primary N) is 1. The van der Waals surface area contributed by atoms with Crippen molar-refractivity contribution in [1.82, 2.24) is 0 Å². The van der Waals surface area contributed by atoms with Gasteiger partial charge in [-0.15, -0.1) is 0 Å². The van der Waals surface area contributed by atoms with Crippen LogP contribution >= 0.6 is 0 Å². The summed E-state index contributed by atoms with van der Waals surface area (Å²) in [6.45, 7) is 5.76. The van der Waals surface area contributed by atoms with Gasteiger partial charge >= 0.3 is 0 Å². The molecular weight excluding hydrogens is 202 g/mol. The van der Waals surface area contributed by atoms with Crippen molar-refractivity contribution in [2.75, 3.05) is 0 Å². The Bertz CT molecular complexity index is 361. The predicted molar refractivity (Wildman–Crippen MR) is 64.8 cm³/mol. The molecule has 1 aromatic rings. The number of carbonyl (C=O) groups is 1. The molecule has 1 rings (SSSR count). The zero-order valence-corrected chi connectivity index (χ0v) is 10.1. The molecule has 0 aliphatic rings. The van der Waals surface area contributed by atoms with Crippen molar-refractivity contribution in [3.05, 3.63) is 29.8 Å². The fourth-order valence-electron chi connectivity index (χ4n) is 1.41. The van der Waals surface area contributed by atoms with Gasteiger partial charge in [-0.25, -0.2) is 0 Å². The summed E-state index contributed by atoms with van der Waals surface area (Å²) in [6.07, 6.45) is 0.682. The fraction of sp³-hybridized carbons (Fsp3) is 0.462. The third-order valence-corrected chi connectivity index (χ3v) is 2.29. The molecule has 0 saturated carbocycles. The number of Topliss-reactive ketones (excluding diaryl/α,β-unsaturated/α-hetero) is 1. The number of para-hydroxylation sites is 1. The first-order valence-corrected chi connectivity index (χ1v) is 5.61. The topological polar surface area (TPSA) is 52.3 Å². The molecule has 0 aliphatic heterocycles. The molecule has 1 aromatic carbocycles. The van der Waals surface area contributed by atoms with E-state index in [4.69, 9.17) is 10.5 Å². The molecule has 1 atom stereocenters. The van der Waals surface area contributed by atoms with Crippen molar-refractivity contribution >= 4 is 5.78 Å². The molecule has 3 heteroatoms. The van der Waals surface area contributed by atoms with Crippen LogP contribution in [-0.2, 0) is 0 Å². The van der Waals surface area contributed by atoms with E-state index in [0.717, 1.165) is 0 Å². The van der Waals surface area contributed by atoms with E-state index >= 15 is 0 Å². The molecule has 0 fully saturated rings. The molecule has 0 bridgehead atoms. The second-order valence-electron chi connectivity index (χ2n) is 4.04. The van der Waals surface area contributed by atoms with Crippen LogP contribution in [0.4, 0.5) is 0 Å². The minimum Gasteiger partial charge on any atom is -0.490 e. The zero-order chi connectivity index (χ0) is 12.1. The first-order chi connectivity index (χ1) is 7.56. The van der Waals surface area contributed by atoms with E-state index in [2.05, 4.69) is 0 Å². The summed E-state index contributed by atoms with van der Waals surface area (Å²) in [6, 6.07) is 6.79. The highest BCUT2D eigenvalue weighted by Crippen LogP contribution is 2.21. The first-order valence-electron chi connectivity index (χ1n) is 5.61. The number of hydrogen-bond donors (Lipinski definition) is 1. The Kier molecular flexibility index (Phi) is 4.50. The Labute approximate surface area is 96.6 Å². The Morgan fingerprint density at radius 3 is 2.56 bits per heavy atom. The number of hydrogen-bond acceptors (Lipinski definition) is 3. The van der Waals surface area contributed by atoms with Crippen LogP contribution in [0.15, 0.2) is 24.3 Å². The number of benzene rings is 1. The highest BCUT2D eigenvalue weighted by Gasteiger charge is 2.18. The second kappa shape index (κ2) is 5.66. The van der Waals surface area contributed by atoms with Crippen molar-refractivity contribution in [3.63, 3.8) is 0 Å².